The van der Waals surface area contributed by atoms with Crippen LogP contribution in [-0.4, -0.2) is 55.0 Å². The van der Waals surface area contributed by atoms with Crippen molar-refractivity contribution in [2.75, 3.05) is 19.8 Å². The fourth-order valence-corrected chi connectivity index (χ4v) is 5.73. The van der Waals surface area contributed by atoms with Crippen LogP contribution in [-0.2, 0) is 19.1 Å². The molecule has 4 atom stereocenters. The van der Waals surface area contributed by atoms with Gasteiger partial charge in [-0.1, -0.05) is 55.0 Å². The van der Waals surface area contributed by atoms with Gasteiger partial charge in [-0.05, 0) is 47.4 Å². The molecule has 0 spiro atoms. The zero-order valence-corrected chi connectivity index (χ0v) is 19.4. The Bertz CT molecular complexity index is 1070. The van der Waals surface area contributed by atoms with Crippen LogP contribution in [0.4, 0.5) is 4.79 Å². The quantitative estimate of drug-likeness (QED) is 0.563. The lowest BCUT2D eigenvalue weighted by Crippen LogP contribution is -2.49. The molecule has 35 heavy (non-hydrogen) atoms. The van der Waals surface area contributed by atoms with Gasteiger partial charge in [-0.25, -0.2) is 4.79 Å². The van der Waals surface area contributed by atoms with Crippen LogP contribution >= 0.6 is 0 Å². The normalized spacial score (nSPS) is 25.0. The summed E-state index contributed by atoms with van der Waals surface area (Å²) in [5.41, 5.74) is 4.58. The first kappa shape index (κ1) is 23.4. The van der Waals surface area contributed by atoms with Crippen LogP contribution in [0, 0.1) is 11.8 Å². The molecule has 184 valence electrons. The van der Waals surface area contributed by atoms with Crippen LogP contribution in [0.5, 0.6) is 0 Å². The number of fused-ring (bicyclic) bond motifs is 3. The predicted molar refractivity (Wildman–Crippen MR) is 128 cm³/mol. The summed E-state index contributed by atoms with van der Waals surface area (Å²) in [5, 5.41) is 15.0. The molecule has 5 rings (SSSR count). The summed E-state index contributed by atoms with van der Waals surface area (Å²) in [6.45, 7) is 0.851. The molecule has 0 bridgehead atoms. The molecule has 2 fully saturated rings. The van der Waals surface area contributed by atoms with E-state index in [-0.39, 0.29) is 24.3 Å². The number of alkyl carbamates (subject to hydrolysis) is 1. The van der Waals surface area contributed by atoms with Crippen LogP contribution in [0.1, 0.15) is 42.7 Å². The first-order valence-corrected chi connectivity index (χ1v) is 12.3. The lowest BCUT2D eigenvalue weighted by Gasteiger charge is -2.22. The molecular formula is C27H30N2O6. The number of benzene rings is 2. The van der Waals surface area contributed by atoms with Gasteiger partial charge in [-0.3, -0.25) is 9.59 Å². The van der Waals surface area contributed by atoms with Crippen molar-refractivity contribution in [2.45, 2.75) is 43.7 Å². The summed E-state index contributed by atoms with van der Waals surface area (Å²) in [7, 11) is 0. The zero-order chi connectivity index (χ0) is 24.4. The molecule has 1 heterocycles. The van der Waals surface area contributed by atoms with Gasteiger partial charge in [0.1, 0.15) is 6.61 Å². The molecular weight excluding hydrogens is 448 g/mol. The van der Waals surface area contributed by atoms with Crippen LogP contribution < -0.4 is 10.6 Å². The number of carbonyl (C=O) groups is 3. The Morgan fingerprint density at radius 2 is 1.66 bits per heavy atom. The van der Waals surface area contributed by atoms with Crippen LogP contribution in [0.25, 0.3) is 11.1 Å². The number of ether oxygens (including phenoxy) is 2. The Labute approximate surface area is 204 Å². The Hall–Kier alpha value is -3.39. The van der Waals surface area contributed by atoms with Gasteiger partial charge in [-0.2, -0.15) is 0 Å². The zero-order valence-electron chi connectivity index (χ0n) is 19.4. The van der Waals surface area contributed by atoms with Crippen molar-refractivity contribution in [1.82, 2.24) is 10.6 Å². The van der Waals surface area contributed by atoms with Gasteiger partial charge in [0.05, 0.1) is 12.0 Å². The number of hydrogen-bond donors (Lipinski definition) is 3. The van der Waals surface area contributed by atoms with Crippen molar-refractivity contribution in [3.63, 3.8) is 0 Å². The minimum Gasteiger partial charge on any atom is -0.481 e. The lowest BCUT2D eigenvalue weighted by atomic mass is 9.96. The van der Waals surface area contributed by atoms with E-state index in [0.717, 1.165) is 35.1 Å². The highest BCUT2D eigenvalue weighted by atomic mass is 16.6. The predicted octanol–water partition coefficient (Wildman–Crippen LogP) is 3.30. The van der Waals surface area contributed by atoms with Gasteiger partial charge in [0.15, 0.2) is 6.10 Å². The second-order valence-electron chi connectivity index (χ2n) is 9.54. The fraction of sp³-hybridized carbons (Fsp3) is 0.444. The van der Waals surface area contributed by atoms with E-state index in [1.807, 2.05) is 24.3 Å². The maximum atomic E-state index is 12.7. The third-order valence-corrected chi connectivity index (χ3v) is 7.51. The minimum atomic E-state index is -0.819. The number of nitrogens with one attached hydrogen (secondary N) is 2. The lowest BCUT2D eigenvalue weighted by molar-refractivity contribution is -0.143. The molecule has 2 unspecified atom stereocenters. The van der Waals surface area contributed by atoms with E-state index >= 15 is 0 Å². The Morgan fingerprint density at radius 1 is 0.971 bits per heavy atom. The van der Waals surface area contributed by atoms with Crippen molar-refractivity contribution in [1.29, 1.82) is 0 Å². The highest BCUT2D eigenvalue weighted by molar-refractivity contribution is 5.83. The summed E-state index contributed by atoms with van der Waals surface area (Å²) >= 11 is 0. The van der Waals surface area contributed by atoms with E-state index in [0.29, 0.717) is 26.0 Å². The third-order valence-electron chi connectivity index (χ3n) is 7.51. The molecule has 3 aliphatic rings. The van der Waals surface area contributed by atoms with E-state index in [9.17, 15) is 19.5 Å². The molecule has 0 aromatic heterocycles. The van der Waals surface area contributed by atoms with Crippen LogP contribution in [0.3, 0.4) is 0 Å². The minimum absolute atomic E-state index is 0.0410. The Kier molecular flexibility index (Phi) is 6.72. The number of aliphatic carboxylic acids is 1. The topological polar surface area (TPSA) is 114 Å². The molecule has 3 N–H and O–H groups in total. The van der Waals surface area contributed by atoms with E-state index in [2.05, 4.69) is 34.9 Å². The van der Waals surface area contributed by atoms with E-state index in [1.165, 1.54) is 0 Å². The van der Waals surface area contributed by atoms with Gasteiger partial charge in [0.2, 0.25) is 0 Å². The molecule has 2 amide bonds. The number of carboxylic acid groups (broad SMARTS) is 1. The highest BCUT2D eigenvalue weighted by Gasteiger charge is 2.38. The number of carbonyl (C=O) groups excluding carboxylic acids is 2. The maximum Gasteiger partial charge on any atom is 0.407 e. The Balaban J connectivity index is 1.15. The number of rotatable bonds is 7. The summed E-state index contributed by atoms with van der Waals surface area (Å²) in [6, 6.07) is 15.8. The van der Waals surface area contributed by atoms with Crippen molar-refractivity contribution in [3.8, 4) is 11.1 Å². The second kappa shape index (κ2) is 10.1. The van der Waals surface area contributed by atoms with Gasteiger partial charge >= 0.3 is 12.1 Å². The molecule has 8 heteroatoms. The highest BCUT2D eigenvalue weighted by Crippen LogP contribution is 2.44. The molecule has 8 nitrogen and oxygen atoms in total. The van der Waals surface area contributed by atoms with Gasteiger partial charge in [0, 0.05) is 19.1 Å². The van der Waals surface area contributed by atoms with E-state index in [1.54, 1.807) is 0 Å². The van der Waals surface area contributed by atoms with Gasteiger partial charge < -0.3 is 25.2 Å². The van der Waals surface area contributed by atoms with Gasteiger partial charge in [0.25, 0.3) is 5.91 Å². The van der Waals surface area contributed by atoms with Crippen molar-refractivity contribution < 1.29 is 29.0 Å². The number of hydrogen-bond acceptors (Lipinski definition) is 5. The van der Waals surface area contributed by atoms with Crippen LogP contribution in [0.15, 0.2) is 48.5 Å². The molecule has 2 aliphatic carbocycles. The van der Waals surface area contributed by atoms with Crippen molar-refractivity contribution in [2.24, 2.45) is 11.8 Å². The summed E-state index contributed by atoms with van der Waals surface area (Å²) in [6.07, 6.45) is 1.38. The standard InChI is InChI=1S/C27H30N2O6/c30-25(28-14-16-6-5-11-17(16)26(31)32)24-23(12-13-34-24)29-27(33)35-15-22-20-9-3-1-7-18(20)19-8-2-4-10-21(19)22/h1-4,7-10,16-17,22-24H,5-6,11-15H2,(H,28,30)(H,29,33)(H,31,32)/t16?,17?,23-,24+/m1/s1. The number of carboxylic acids is 1. The monoisotopic (exact) mass is 478 g/mol. The summed E-state index contributed by atoms with van der Waals surface area (Å²) in [5.74, 6) is -1.68. The Morgan fingerprint density at radius 3 is 2.34 bits per heavy atom. The molecule has 1 saturated heterocycles. The van der Waals surface area contributed by atoms with E-state index in [4.69, 9.17) is 9.47 Å². The first-order chi connectivity index (χ1) is 17.0. The van der Waals surface area contributed by atoms with Crippen LogP contribution in [0.2, 0.25) is 0 Å². The molecule has 0 radical (unpaired) electrons. The smallest absolute Gasteiger partial charge is 0.407 e. The average Bonchev–Trinajstić information content (AvgIpc) is 3.59. The molecule has 1 aliphatic heterocycles. The number of amides is 2. The summed E-state index contributed by atoms with van der Waals surface area (Å²) in [4.78, 5) is 36.8. The van der Waals surface area contributed by atoms with Crippen molar-refractivity contribution >= 4 is 18.0 Å². The second-order valence-corrected chi connectivity index (χ2v) is 9.54. The maximum absolute atomic E-state index is 12.7. The SMILES string of the molecule is O=C(N[C@@H]1CCO[C@@H]1C(=O)NCC1CCCC1C(=O)O)OCC1c2ccccc2-c2ccccc21. The largest absolute Gasteiger partial charge is 0.481 e. The van der Waals surface area contributed by atoms with E-state index < -0.39 is 30.1 Å². The van der Waals surface area contributed by atoms with Gasteiger partial charge in [-0.15, -0.1) is 0 Å². The molecule has 2 aromatic rings. The third kappa shape index (κ3) is 4.75. The first-order valence-electron chi connectivity index (χ1n) is 12.3. The fourth-order valence-electron chi connectivity index (χ4n) is 5.73. The molecule has 1 saturated carbocycles. The molecule has 2 aromatic carbocycles. The average molecular weight is 479 g/mol. The summed E-state index contributed by atoms with van der Waals surface area (Å²) < 4.78 is 11.2. The van der Waals surface area contributed by atoms with Crippen molar-refractivity contribution in [3.05, 3.63) is 59.7 Å².